The average molecular weight is 256 g/mol. The standard InChI is InChI=1S/C16H20N2O/c1-12-16(13(2)19-17-12)11-18(15-8-9-15)10-14-6-4-3-5-7-14/h3-7,15H,8-11H2,1-2H3. The average Bonchev–Trinajstić information content (AvgIpc) is 3.21. The van der Waals surface area contributed by atoms with Gasteiger partial charge in [0.15, 0.2) is 0 Å². The lowest BCUT2D eigenvalue weighted by Crippen LogP contribution is -2.25. The first-order valence-electron chi connectivity index (χ1n) is 6.94. The summed E-state index contributed by atoms with van der Waals surface area (Å²) < 4.78 is 5.27. The van der Waals surface area contributed by atoms with Gasteiger partial charge in [-0.2, -0.15) is 0 Å². The molecule has 0 N–H and O–H groups in total. The summed E-state index contributed by atoms with van der Waals surface area (Å²) in [4.78, 5) is 2.54. The molecule has 1 heterocycles. The van der Waals surface area contributed by atoms with Gasteiger partial charge >= 0.3 is 0 Å². The number of hydrogen-bond donors (Lipinski definition) is 0. The van der Waals surface area contributed by atoms with E-state index in [1.54, 1.807) is 0 Å². The minimum Gasteiger partial charge on any atom is -0.361 e. The molecule has 1 saturated carbocycles. The quantitative estimate of drug-likeness (QED) is 0.820. The van der Waals surface area contributed by atoms with Crippen molar-refractivity contribution < 1.29 is 4.52 Å². The zero-order valence-corrected chi connectivity index (χ0v) is 11.6. The first-order valence-corrected chi connectivity index (χ1v) is 6.94. The van der Waals surface area contributed by atoms with Crippen LogP contribution in [0.3, 0.4) is 0 Å². The molecule has 0 amide bonds. The molecule has 0 saturated heterocycles. The Labute approximate surface area is 114 Å². The van der Waals surface area contributed by atoms with Crippen LogP contribution in [-0.4, -0.2) is 16.1 Å². The maximum atomic E-state index is 5.27. The number of nitrogens with zero attached hydrogens (tertiary/aromatic N) is 2. The number of hydrogen-bond acceptors (Lipinski definition) is 3. The molecule has 1 aliphatic rings. The fourth-order valence-corrected chi connectivity index (χ4v) is 2.50. The molecular weight excluding hydrogens is 236 g/mol. The molecule has 3 nitrogen and oxygen atoms in total. The highest BCUT2D eigenvalue weighted by atomic mass is 16.5. The van der Waals surface area contributed by atoms with Crippen molar-refractivity contribution in [3.63, 3.8) is 0 Å². The number of aryl methyl sites for hydroxylation is 2. The minimum absolute atomic E-state index is 0.730. The Morgan fingerprint density at radius 2 is 1.89 bits per heavy atom. The van der Waals surface area contributed by atoms with Crippen molar-refractivity contribution in [3.05, 3.63) is 52.9 Å². The number of benzene rings is 1. The summed E-state index contributed by atoms with van der Waals surface area (Å²) in [6.07, 6.45) is 2.63. The van der Waals surface area contributed by atoms with Gasteiger partial charge < -0.3 is 4.52 Å². The van der Waals surface area contributed by atoms with E-state index in [9.17, 15) is 0 Å². The van der Waals surface area contributed by atoms with Gasteiger partial charge in [-0.25, -0.2) is 0 Å². The highest BCUT2D eigenvalue weighted by Gasteiger charge is 2.30. The van der Waals surface area contributed by atoms with Crippen LogP contribution in [0.4, 0.5) is 0 Å². The molecule has 1 aromatic heterocycles. The Morgan fingerprint density at radius 3 is 2.47 bits per heavy atom. The van der Waals surface area contributed by atoms with Crippen LogP contribution in [0.5, 0.6) is 0 Å². The second-order valence-electron chi connectivity index (χ2n) is 5.42. The van der Waals surface area contributed by atoms with Gasteiger partial charge in [0.25, 0.3) is 0 Å². The normalized spacial score (nSPS) is 15.1. The molecular formula is C16H20N2O. The molecule has 0 spiro atoms. The Kier molecular flexibility index (Phi) is 3.38. The lowest BCUT2D eigenvalue weighted by molar-refractivity contribution is 0.243. The molecule has 1 aromatic carbocycles. The maximum absolute atomic E-state index is 5.27. The summed E-state index contributed by atoms with van der Waals surface area (Å²) in [5.41, 5.74) is 3.65. The SMILES string of the molecule is Cc1noc(C)c1CN(Cc1ccccc1)C1CC1. The fourth-order valence-electron chi connectivity index (χ4n) is 2.50. The zero-order valence-electron chi connectivity index (χ0n) is 11.6. The molecule has 0 radical (unpaired) electrons. The van der Waals surface area contributed by atoms with Crippen LogP contribution in [0, 0.1) is 13.8 Å². The summed E-state index contributed by atoms with van der Waals surface area (Å²) >= 11 is 0. The van der Waals surface area contributed by atoms with Crippen LogP contribution in [0.2, 0.25) is 0 Å². The van der Waals surface area contributed by atoms with E-state index < -0.39 is 0 Å². The zero-order chi connectivity index (χ0) is 13.2. The number of aromatic nitrogens is 1. The van der Waals surface area contributed by atoms with E-state index in [1.165, 1.54) is 24.0 Å². The molecule has 1 aliphatic carbocycles. The van der Waals surface area contributed by atoms with Gasteiger partial charge in [-0.1, -0.05) is 35.5 Å². The highest BCUT2D eigenvalue weighted by Crippen LogP contribution is 2.30. The van der Waals surface area contributed by atoms with Crippen molar-refractivity contribution in [3.8, 4) is 0 Å². The van der Waals surface area contributed by atoms with Gasteiger partial charge in [0.2, 0.25) is 0 Å². The largest absolute Gasteiger partial charge is 0.361 e. The van der Waals surface area contributed by atoms with Gasteiger partial charge in [0, 0.05) is 24.7 Å². The second kappa shape index (κ2) is 5.17. The molecule has 0 bridgehead atoms. The van der Waals surface area contributed by atoms with Gasteiger partial charge in [-0.15, -0.1) is 0 Å². The van der Waals surface area contributed by atoms with E-state index >= 15 is 0 Å². The molecule has 3 heteroatoms. The molecule has 0 atom stereocenters. The van der Waals surface area contributed by atoms with Crippen LogP contribution >= 0.6 is 0 Å². The van der Waals surface area contributed by atoms with E-state index in [0.29, 0.717) is 0 Å². The van der Waals surface area contributed by atoms with Crippen molar-refractivity contribution in [2.45, 2.75) is 45.8 Å². The van der Waals surface area contributed by atoms with Gasteiger partial charge in [-0.05, 0) is 32.3 Å². The van der Waals surface area contributed by atoms with Crippen LogP contribution in [0.1, 0.15) is 35.4 Å². The Morgan fingerprint density at radius 1 is 1.16 bits per heavy atom. The van der Waals surface area contributed by atoms with E-state index in [0.717, 1.165) is 30.6 Å². The first kappa shape index (κ1) is 12.4. The second-order valence-corrected chi connectivity index (χ2v) is 5.42. The van der Waals surface area contributed by atoms with Crippen LogP contribution < -0.4 is 0 Å². The lowest BCUT2D eigenvalue weighted by Gasteiger charge is -2.22. The predicted octanol–water partition coefficient (Wildman–Crippen LogP) is 3.46. The summed E-state index contributed by atoms with van der Waals surface area (Å²) in [5.74, 6) is 0.955. The maximum Gasteiger partial charge on any atom is 0.138 e. The van der Waals surface area contributed by atoms with Crippen molar-refractivity contribution >= 4 is 0 Å². The predicted molar refractivity (Wildman–Crippen MR) is 74.7 cm³/mol. The first-order chi connectivity index (χ1) is 9.24. The van der Waals surface area contributed by atoms with Crippen LogP contribution in [-0.2, 0) is 13.1 Å². The van der Waals surface area contributed by atoms with E-state index in [4.69, 9.17) is 4.52 Å². The third kappa shape index (κ3) is 2.87. The van der Waals surface area contributed by atoms with Crippen molar-refractivity contribution in [2.75, 3.05) is 0 Å². The van der Waals surface area contributed by atoms with E-state index in [2.05, 4.69) is 40.4 Å². The molecule has 0 unspecified atom stereocenters. The van der Waals surface area contributed by atoms with Gasteiger partial charge in [-0.3, -0.25) is 4.90 Å². The van der Waals surface area contributed by atoms with Gasteiger partial charge in [0.05, 0.1) is 5.69 Å². The van der Waals surface area contributed by atoms with Crippen molar-refractivity contribution in [2.24, 2.45) is 0 Å². The third-order valence-corrected chi connectivity index (χ3v) is 3.83. The lowest BCUT2D eigenvalue weighted by atomic mass is 10.1. The summed E-state index contributed by atoms with van der Waals surface area (Å²) in [6.45, 7) is 5.98. The molecule has 1 fully saturated rings. The topological polar surface area (TPSA) is 29.3 Å². The Hall–Kier alpha value is -1.61. The third-order valence-electron chi connectivity index (χ3n) is 3.83. The molecule has 0 aliphatic heterocycles. The van der Waals surface area contributed by atoms with Gasteiger partial charge in [0.1, 0.15) is 5.76 Å². The highest BCUT2D eigenvalue weighted by molar-refractivity contribution is 5.22. The summed E-state index contributed by atoms with van der Waals surface area (Å²) in [5, 5.41) is 4.05. The molecule has 100 valence electrons. The van der Waals surface area contributed by atoms with Crippen LogP contribution in [0.15, 0.2) is 34.9 Å². The molecule has 19 heavy (non-hydrogen) atoms. The smallest absolute Gasteiger partial charge is 0.138 e. The fraction of sp³-hybridized carbons (Fsp3) is 0.438. The molecule has 2 aromatic rings. The number of rotatable bonds is 5. The summed E-state index contributed by atoms with van der Waals surface area (Å²) in [6, 6.07) is 11.4. The van der Waals surface area contributed by atoms with E-state index in [-0.39, 0.29) is 0 Å². The van der Waals surface area contributed by atoms with Crippen molar-refractivity contribution in [1.29, 1.82) is 0 Å². The van der Waals surface area contributed by atoms with Crippen LogP contribution in [0.25, 0.3) is 0 Å². The Balaban J connectivity index is 1.75. The summed E-state index contributed by atoms with van der Waals surface area (Å²) in [7, 11) is 0. The minimum atomic E-state index is 0.730. The van der Waals surface area contributed by atoms with E-state index in [1.807, 2.05) is 13.8 Å². The monoisotopic (exact) mass is 256 g/mol. The molecule has 3 rings (SSSR count). The van der Waals surface area contributed by atoms with Crippen molar-refractivity contribution in [1.82, 2.24) is 10.1 Å². The Bertz CT molecular complexity index is 524.